The Labute approximate surface area is 98.3 Å². The predicted octanol–water partition coefficient (Wildman–Crippen LogP) is 2.21. The van der Waals surface area contributed by atoms with Crippen LogP contribution in [-0.2, 0) is 4.74 Å². The van der Waals surface area contributed by atoms with Gasteiger partial charge in [-0.25, -0.2) is 9.18 Å². The Hall–Kier alpha value is -1.33. The molecule has 0 bridgehead atoms. The largest absolute Gasteiger partial charge is 0.448 e. The van der Waals surface area contributed by atoms with Crippen LogP contribution >= 0.6 is 11.6 Å². The Bertz CT molecular complexity index is 374. The van der Waals surface area contributed by atoms with Crippen molar-refractivity contribution in [3.8, 4) is 0 Å². The monoisotopic (exact) mass is 248 g/mol. The number of rotatable bonds is 3. The van der Waals surface area contributed by atoms with E-state index in [9.17, 15) is 9.18 Å². The van der Waals surface area contributed by atoms with Crippen LogP contribution in [0.1, 0.15) is 19.0 Å². The summed E-state index contributed by atoms with van der Waals surface area (Å²) in [6.07, 6.45) is -0.951. The lowest BCUT2D eigenvalue weighted by Gasteiger charge is -2.12. The third-order valence-electron chi connectivity index (χ3n) is 1.79. The minimum Gasteiger partial charge on any atom is -0.448 e. The molecule has 1 rings (SSSR count). The van der Waals surface area contributed by atoms with E-state index in [4.69, 9.17) is 23.1 Å². The third kappa shape index (κ3) is 3.67. The van der Waals surface area contributed by atoms with Crippen molar-refractivity contribution in [1.29, 1.82) is 0 Å². The minimum atomic E-state index is -0.951. The molecule has 0 aliphatic rings. The lowest BCUT2D eigenvalue weighted by molar-refractivity contribution is 0.149. The first-order valence-electron chi connectivity index (χ1n) is 4.14. The quantitative estimate of drug-likeness (QED) is 0.861. The molecule has 0 radical (unpaired) electrons. The van der Waals surface area contributed by atoms with Crippen LogP contribution in [0.5, 0.6) is 0 Å². The zero-order valence-electron chi connectivity index (χ0n) is 7.74. The zero-order chi connectivity index (χ0) is 11.4. The molecule has 1 unspecified atom stereocenters. The summed E-state index contributed by atoms with van der Waals surface area (Å²) in [5.74, 6) is -0.611. The van der Waals surface area contributed by atoms with E-state index in [0.717, 1.165) is 0 Å². The Morgan fingerprint density at radius 2 is 2.19 bits per heavy atom. The average Bonchev–Trinajstić information content (AvgIpc) is 2.18. The Morgan fingerprint density at radius 1 is 1.56 bits per heavy atom. The summed E-state index contributed by atoms with van der Waals surface area (Å²) in [4.78, 5) is 10.3. The van der Waals surface area contributed by atoms with Crippen molar-refractivity contribution in [3.63, 3.8) is 0 Å². The molecule has 0 saturated carbocycles. The summed E-state index contributed by atoms with van der Waals surface area (Å²) in [7, 11) is 0. The minimum absolute atomic E-state index is 0. The zero-order valence-corrected chi connectivity index (χ0v) is 8.50. The highest BCUT2D eigenvalue weighted by Crippen LogP contribution is 2.22. The molecule has 1 amide bonds. The first kappa shape index (κ1) is 14.7. The molecule has 0 saturated heterocycles. The number of amides is 1. The van der Waals surface area contributed by atoms with Gasteiger partial charge in [0.15, 0.2) is 0 Å². The topological polar surface area (TPSA) is 78.3 Å². The molecular formula is C10H14ClFN2O2. The lowest BCUT2D eigenvalue weighted by atomic mass is 10.1. The smallest absolute Gasteiger partial charge is 0.404 e. The van der Waals surface area contributed by atoms with Crippen molar-refractivity contribution < 1.29 is 13.9 Å². The molecule has 0 aromatic heterocycles. The Balaban J connectivity index is 0.00000225. The van der Waals surface area contributed by atoms with Crippen molar-refractivity contribution in [3.05, 3.63) is 34.6 Å². The second-order valence-electron chi connectivity index (χ2n) is 2.88. The molecule has 0 aliphatic heterocycles. The van der Waals surface area contributed by atoms with Gasteiger partial charge in [0.05, 0.1) is 11.1 Å². The summed E-state index contributed by atoms with van der Waals surface area (Å²) in [5, 5.41) is -0.0259. The van der Waals surface area contributed by atoms with Crippen molar-refractivity contribution >= 4 is 17.7 Å². The van der Waals surface area contributed by atoms with Crippen molar-refractivity contribution in [2.24, 2.45) is 11.5 Å². The van der Waals surface area contributed by atoms with Crippen molar-refractivity contribution in [2.75, 3.05) is 6.61 Å². The number of hydrogen-bond donors (Lipinski definition) is 2. The van der Waals surface area contributed by atoms with E-state index in [-0.39, 0.29) is 24.6 Å². The van der Waals surface area contributed by atoms with Crippen molar-refractivity contribution in [1.82, 2.24) is 0 Å². The van der Waals surface area contributed by atoms with E-state index in [1.807, 2.05) is 0 Å². The van der Waals surface area contributed by atoms with Gasteiger partial charge in [-0.05, 0) is 6.07 Å². The number of benzene rings is 1. The predicted molar refractivity (Wildman–Crippen MR) is 60.6 cm³/mol. The molecule has 0 heterocycles. The summed E-state index contributed by atoms with van der Waals surface area (Å²) in [5.41, 5.74) is 10.5. The van der Waals surface area contributed by atoms with E-state index in [0.29, 0.717) is 0 Å². The number of carbonyl (C=O) groups is 1. The molecule has 1 aromatic carbocycles. The molecule has 6 heteroatoms. The van der Waals surface area contributed by atoms with E-state index >= 15 is 0 Å². The Morgan fingerprint density at radius 3 is 2.75 bits per heavy atom. The molecule has 16 heavy (non-hydrogen) atoms. The van der Waals surface area contributed by atoms with Crippen LogP contribution in [0.2, 0.25) is 5.02 Å². The molecular weight excluding hydrogens is 235 g/mol. The van der Waals surface area contributed by atoms with Crippen LogP contribution in [0.3, 0.4) is 0 Å². The van der Waals surface area contributed by atoms with E-state index in [2.05, 4.69) is 4.74 Å². The van der Waals surface area contributed by atoms with E-state index in [1.54, 1.807) is 6.07 Å². The van der Waals surface area contributed by atoms with Gasteiger partial charge in [-0.1, -0.05) is 31.2 Å². The molecule has 1 atom stereocenters. The van der Waals surface area contributed by atoms with Gasteiger partial charge in [0.1, 0.15) is 12.4 Å². The first-order chi connectivity index (χ1) is 7.02. The fraction of sp³-hybridized carbons (Fsp3) is 0.300. The number of hydrogen-bond acceptors (Lipinski definition) is 3. The second-order valence-corrected chi connectivity index (χ2v) is 3.29. The number of halogens is 2. The van der Waals surface area contributed by atoms with E-state index in [1.165, 1.54) is 12.1 Å². The molecule has 4 nitrogen and oxygen atoms in total. The van der Waals surface area contributed by atoms with Gasteiger partial charge in [0.2, 0.25) is 0 Å². The summed E-state index contributed by atoms with van der Waals surface area (Å²) >= 11 is 5.56. The number of ether oxygens (including phenoxy) is 1. The number of carbonyl (C=O) groups excluding carboxylic acids is 1. The maximum Gasteiger partial charge on any atom is 0.404 e. The lowest BCUT2D eigenvalue weighted by Crippen LogP contribution is -2.23. The van der Waals surface area contributed by atoms with Crippen LogP contribution in [0.25, 0.3) is 0 Å². The third-order valence-corrected chi connectivity index (χ3v) is 2.08. The van der Waals surface area contributed by atoms with Crippen molar-refractivity contribution in [2.45, 2.75) is 13.5 Å². The van der Waals surface area contributed by atoms with Crippen LogP contribution in [0.15, 0.2) is 18.2 Å². The van der Waals surface area contributed by atoms with Gasteiger partial charge in [-0.15, -0.1) is 0 Å². The van der Waals surface area contributed by atoms with E-state index < -0.39 is 18.0 Å². The van der Waals surface area contributed by atoms with Gasteiger partial charge in [0.25, 0.3) is 0 Å². The van der Waals surface area contributed by atoms with Gasteiger partial charge in [0, 0.05) is 5.56 Å². The van der Waals surface area contributed by atoms with Gasteiger partial charge >= 0.3 is 6.09 Å². The number of primary amides is 1. The summed E-state index contributed by atoms with van der Waals surface area (Å²) < 4.78 is 17.8. The van der Waals surface area contributed by atoms with Crippen LogP contribution < -0.4 is 11.5 Å². The molecule has 0 aliphatic carbocycles. The summed E-state index contributed by atoms with van der Waals surface area (Å²) in [6.45, 7) is -0.188. The second kappa shape index (κ2) is 6.30. The fourth-order valence-electron chi connectivity index (χ4n) is 1.07. The molecule has 0 spiro atoms. The standard InChI is InChI=1S/C9H10ClFN2O2.CH4/c10-6-3-1-2-5(8(6)11)7(12)4-15-9(13)14;/h1-3,7H,4,12H2,(H2,13,14);1H4. The highest BCUT2D eigenvalue weighted by Gasteiger charge is 2.14. The van der Waals surface area contributed by atoms with Gasteiger partial charge in [-0.2, -0.15) is 0 Å². The fourth-order valence-corrected chi connectivity index (χ4v) is 1.25. The highest BCUT2D eigenvalue weighted by atomic mass is 35.5. The summed E-state index contributed by atoms with van der Waals surface area (Å²) in [6, 6.07) is 3.65. The Kier molecular flexibility index (Phi) is 5.77. The number of nitrogens with two attached hydrogens (primary N) is 2. The van der Waals surface area contributed by atoms with Crippen LogP contribution in [0.4, 0.5) is 9.18 Å². The van der Waals surface area contributed by atoms with Gasteiger partial charge < -0.3 is 16.2 Å². The first-order valence-corrected chi connectivity index (χ1v) is 4.52. The molecule has 4 N–H and O–H groups in total. The maximum atomic E-state index is 13.4. The normalized spacial score (nSPS) is 11.4. The van der Waals surface area contributed by atoms with Crippen LogP contribution in [-0.4, -0.2) is 12.7 Å². The van der Waals surface area contributed by atoms with Gasteiger partial charge in [-0.3, -0.25) is 0 Å². The highest BCUT2D eigenvalue weighted by molar-refractivity contribution is 6.30. The molecule has 90 valence electrons. The average molecular weight is 249 g/mol. The molecule has 1 aromatic rings. The maximum absolute atomic E-state index is 13.4. The van der Waals surface area contributed by atoms with Crippen LogP contribution in [0, 0.1) is 5.82 Å². The SMILES string of the molecule is C.NC(=O)OCC(N)c1cccc(Cl)c1F. The molecule has 0 fully saturated rings.